The molecule has 0 bridgehead atoms. The summed E-state index contributed by atoms with van der Waals surface area (Å²) in [7, 11) is 0. The van der Waals surface area contributed by atoms with Crippen LogP contribution in [-0.4, -0.2) is 17.0 Å². The standard InChI is InChI=1S/C16H13NO3/c17-15(18)13-8-6-11(7-9-13)10-14(16(19)20)12-4-2-1-3-5-12/h1-10H,(H2,17,18)(H,19,20). The normalized spacial score (nSPS) is 11.1. The van der Waals surface area contributed by atoms with E-state index in [-0.39, 0.29) is 5.57 Å². The van der Waals surface area contributed by atoms with Crippen molar-refractivity contribution in [3.63, 3.8) is 0 Å². The Morgan fingerprint density at radius 1 is 0.900 bits per heavy atom. The molecular formula is C16H13NO3. The summed E-state index contributed by atoms with van der Waals surface area (Å²) in [6.07, 6.45) is 1.56. The summed E-state index contributed by atoms with van der Waals surface area (Å²) in [6.45, 7) is 0. The minimum atomic E-state index is -1.00. The van der Waals surface area contributed by atoms with Crippen molar-refractivity contribution < 1.29 is 14.7 Å². The van der Waals surface area contributed by atoms with Gasteiger partial charge < -0.3 is 10.8 Å². The molecule has 0 aromatic heterocycles. The molecule has 0 atom stereocenters. The zero-order valence-corrected chi connectivity index (χ0v) is 10.6. The first-order valence-corrected chi connectivity index (χ1v) is 5.98. The molecule has 0 aliphatic carbocycles. The van der Waals surface area contributed by atoms with Crippen molar-refractivity contribution in [2.75, 3.05) is 0 Å². The van der Waals surface area contributed by atoms with Crippen LogP contribution >= 0.6 is 0 Å². The van der Waals surface area contributed by atoms with Gasteiger partial charge >= 0.3 is 5.97 Å². The number of benzene rings is 2. The van der Waals surface area contributed by atoms with E-state index in [2.05, 4.69) is 0 Å². The van der Waals surface area contributed by atoms with E-state index in [1.165, 1.54) is 0 Å². The van der Waals surface area contributed by atoms with Crippen LogP contribution in [-0.2, 0) is 4.79 Å². The predicted molar refractivity (Wildman–Crippen MR) is 76.9 cm³/mol. The smallest absolute Gasteiger partial charge is 0.336 e. The Labute approximate surface area is 116 Å². The topological polar surface area (TPSA) is 80.4 Å². The third-order valence-electron chi connectivity index (χ3n) is 2.82. The molecule has 0 fully saturated rings. The number of aliphatic carboxylic acids is 1. The van der Waals surface area contributed by atoms with Gasteiger partial charge in [-0.05, 0) is 29.3 Å². The zero-order chi connectivity index (χ0) is 14.5. The monoisotopic (exact) mass is 267 g/mol. The van der Waals surface area contributed by atoms with Gasteiger partial charge in [0.1, 0.15) is 0 Å². The third kappa shape index (κ3) is 3.11. The molecule has 1 amide bonds. The highest BCUT2D eigenvalue weighted by Crippen LogP contribution is 2.18. The Kier molecular flexibility index (Phi) is 3.96. The van der Waals surface area contributed by atoms with E-state index >= 15 is 0 Å². The number of carbonyl (C=O) groups excluding carboxylic acids is 1. The first kappa shape index (κ1) is 13.5. The Bertz CT molecular complexity index is 658. The number of primary amides is 1. The lowest BCUT2D eigenvalue weighted by Crippen LogP contribution is -2.10. The highest BCUT2D eigenvalue weighted by atomic mass is 16.4. The van der Waals surface area contributed by atoms with Crippen molar-refractivity contribution in [3.05, 3.63) is 71.3 Å². The number of nitrogens with two attached hydrogens (primary N) is 1. The van der Waals surface area contributed by atoms with E-state index in [9.17, 15) is 14.7 Å². The largest absolute Gasteiger partial charge is 0.478 e. The Hall–Kier alpha value is -2.88. The second-order valence-electron chi connectivity index (χ2n) is 4.22. The van der Waals surface area contributed by atoms with E-state index in [1.54, 1.807) is 54.6 Å². The van der Waals surface area contributed by atoms with Crippen LogP contribution < -0.4 is 5.73 Å². The molecule has 4 nitrogen and oxygen atoms in total. The summed E-state index contributed by atoms with van der Waals surface area (Å²) in [6, 6.07) is 15.3. The second kappa shape index (κ2) is 5.84. The Morgan fingerprint density at radius 2 is 1.50 bits per heavy atom. The van der Waals surface area contributed by atoms with Crippen LogP contribution in [0.25, 0.3) is 11.6 Å². The van der Waals surface area contributed by atoms with Gasteiger partial charge in [-0.3, -0.25) is 4.79 Å². The van der Waals surface area contributed by atoms with Crippen LogP contribution in [0.2, 0.25) is 0 Å². The lowest BCUT2D eigenvalue weighted by atomic mass is 10.0. The van der Waals surface area contributed by atoms with Gasteiger partial charge in [0, 0.05) is 5.56 Å². The first-order chi connectivity index (χ1) is 9.58. The molecular weight excluding hydrogens is 254 g/mol. The van der Waals surface area contributed by atoms with Gasteiger partial charge in [0.2, 0.25) is 5.91 Å². The summed E-state index contributed by atoms with van der Waals surface area (Å²) >= 11 is 0. The van der Waals surface area contributed by atoms with Gasteiger partial charge in [-0.1, -0.05) is 42.5 Å². The summed E-state index contributed by atoms with van der Waals surface area (Å²) in [5.74, 6) is -1.52. The SMILES string of the molecule is NC(=O)c1ccc(C=C(C(=O)O)c2ccccc2)cc1. The predicted octanol–water partition coefficient (Wildman–Crippen LogP) is 2.41. The molecule has 0 saturated carbocycles. The van der Waals surface area contributed by atoms with Crippen molar-refractivity contribution in [1.82, 2.24) is 0 Å². The van der Waals surface area contributed by atoms with Crippen molar-refractivity contribution in [3.8, 4) is 0 Å². The second-order valence-corrected chi connectivity index (χ2v) is 4.22. The van der Waals surface area contributed by atoms with E-state index in [0.717, 1.165) is 0 Å². The van der Waals surface area contributed by atoms with Crippen LogP contribution in [0, 0.1) is 0 Å². The maximum absolute atomic E-state index is 11.3. The molecule has 0 saturated heterocycles. The molecule has 0 aliphatic heterocycles. The highest BCUT2D eigenvalue weighted by Gasteiger charge is 2.10. The highest BCUT2D eigenvalue weighted by molar-refractivity contribution is 6.20. The number of amides is 1. The van der Waals surface area contributed by atoms with Crippen LogP contribution in [0.1, 0.15) is 21.5 Å². The van der Waals surface area contributed by atoms with Gasteiger partial charge in [0.25, 0.3) is 0 Å². The van der Waals surface area contributed by atoms with Gasteiger partial charge in [0.15, 0.2) is 0 Å². The summed E-state index contributed by atoms with van der Waals surface area (Å²) in [4.78, 5) is 22.3. The Balaban J connectivity index is 2.39. The number of carboxylic acids is 1. The number of hydrogen-bond donors (Lipinski definition) is 2. The summed E-state index contributed by atoms with van der Waals surface area (Å²) in [5, 5.41) is 9.29. The maximum atomic E-state index is 11.3. The fourth-order valence-electron chi connectivity index (χ4n) is 1.80. The van der Waals surface area contributed by atoms with Crippen molar-refractivity contribution in [1.29, 1.82) is 0 Å². The molecule has 3 N–H and O–H groups in total. The molecule has 4 heteroatoms. The van der Waals surface area contributed by atoms with Crippen molar-refractivity contribution >= 4 is 23.5 Å². The van der Waals surface area contributed by atoms with E-state index < -0.39 is 11.9 Å². The average molecular weight is 267 g/mol. The molecule has 2 aromatic carbocycles. The van der Waals surface area contributed by atoms with Crippen LogP contribution in [0.5, 0.6) is 0 Å². The molecule has 0 heterocycles. The van der Waals surface area contributed by atoms with Crippen LogP contribution in [0.4, 0.5) is 0 Å². The zero-order valence-electron chi connectivity index (χ0n) is 10.6. The molecule has 0 spiro atoms. The molecule has 0 unspecified atom stereocenters. The molecule has 0 radical (unpaired) electrons. The third-order valence-corrected chi connectivity index (χ3v) is 2.82. The molecule has 100 valence electrons. The van der Waals surface area contributed by atoms with Crippen molar-refractivity contribution in [2.24, 2.45) is 5.73 Å². The Morgan fingerprint density at radius 3 is 2.00 bits per heavy atom. The average Bonchev–Trinajstić information content (AvgIpc) is 2.46. The van der Waals surface area contributed by atoms with Crippen molar-refractivity contribution in [2.45, 2.75) is 0 Å². The molecule has 20 heavy (non-hydrogen) atoms. The maximum Gasteiger partial charge on any atom is 0.336 e. The lowest BCUT2D eigenvalue weighted by molar-refractivity contribution is -0.130. The fraction of sp³-hybridized carbons (Fsp3) is 0. The van der Waals surface area contributed by atoms with Crippen LogP contribution in [0.15, 0.2) is 54.6 Å². The number of rotatable bonds is 4. The number of carboxylic acid groups (broad SMARTS) is 1. The molecule has 2 aromatic rings. The van der Waals surface area contributed by atoms with Gasteiger partial charge in [-0.2, -0.15) is 0 Å². The van der Waals surface area contributed by atoms with Crippen LogP contribution in [0.3, 0.4) is 0 Å². The summed E-state index contributed by atoms with van der Waals surface area (Å²) in [5.41, 5.74) is 7.05. The number of hydrogen-bond acceptors (Lipinski definition) is 2. The fourth-order valence-corrected chi connectivity index (χ4v) is 1.80. The van der Waals surface area contributed by atoms with E-state index in [0.29, 0.717) is 16.7 Å². The molecule has 2 rings (SSSR count). The van der Waals surface area contributed by atoms with E-state index in [1.807, 2.05) is 6.07 Å². The van der Waals surface area contributed by atoms with Gasteiger partial charge in [0.05, 0.1) is 5.57 Å². The van der Waals surface area contributed by atoms with Gasteiger partial charge in [-0.25, -0.2) is 4.79 Å². The van der Waals surface area contributed by atoms with Gasteiger partial charge in [-0.15, -0.1) is 0 Å². The summed E-state index contributed by atoms with van der Waals surface area (Å²) < 4.78 is 0. The lowest BCUT2D eigenvalue weighted by Gasteiger charge is -2.03. The van der Waals surface area contributed by atoms with E-state index in [4.69, 9.17) is 5.73 Å². The minimum absolute atomic E-state index is 0.192. The molecule has 0 aliphatic rings. The number of carbonyl (C=O) groups is 2. The minimum Gasteiger partial charge on any atom is -0.478 e. The first-order valence-electron chi connectivity index (χ1n) is 5.98. The quantitative estimate of drug-likeness (QED) is 0.659.